The molecule has 5 nitrogen and oxygen atoms in total. The van der Waals surface area contributed by atoms with Crippen LogP contribution in [0.5, 0.6) is 0 Å². The number of hydrogen-bond donors (Lipinski definition) is 1. The first-order valence-electron chi connectivity index (χ1n) is 3.19. The molecule has 11 heavy (non-hydrogen) atoms. The molecule has 1 unspecified atom stereocenters. The first-order valence-corrected chi connectivity index (χ1v) is 3.19. The summed E-state index contributed by atoms with van der Waals surface area (Å²) in [6, 6.07) is -0.165. The van der Waals surface area contributed by atoms with E-state index in [0.717, 1.165) is 5.01 Å². The molecule has 0 aromatic carbocycles. The Hall–Kier alpha value is -1.10. The monoisotopic (exact) mass is 159 g/mol. The van der Waals surface area contributed by atoms with Crippen LogP contribution < -0.4 is 5.73 Å². The van der Waals surface area contributed by atoms with Gasteiger partial charge in [0.15, 0.2) is 0 Å². The van der Waals surface area contributed by atoms with Gasteiger partial charge in [-0.1, -0.05) is 0 Å². The second-order valence-corrected chi connectivity index (χ2v) is 2.12. The fourth-order valence-electron chi connectivity index (χ4n) is 0.384. The third-order valence-electron chi connectivity index (χ3n) is 0.914. The molecule has 0 aliphatic heterocycles. The van der Waals surface area contributed by atoms with Crippen LogP contribution in [0.15, 0.2) is 5.10 Å². The van der Waals surface area contributed by atoms with Crippen molar-refractivity contribution in [3.05, 3.63) is 0 Å². The number of methoxy groups -OCH3 is 1. The van der Waals surface area contributed by atoms with Crippen molar-refractivity contribution in [2.75, 3.05) is 14.2 Å². The van der Waals surface area contributed by atoms with Crippen molar-refractivity contribution in [2.24, 2.45) is 10.8 Å². The third-order valence-corrected chi connectivity index (χ3v) is 0.914. The Balaban J connectivity index is 3.86. The fraction of sp³-hybridized carbons (Fsp3) is 0.667. The molecule has 1 amide bonds. The van der Waals surface area contributed by atoms with Crippen molar-refractivity contribution in [1.29, 1.82) is 0 Å². The Morgan fingerprint density at radius 2 is 2.36 bits per heavy atom. The molecule has 2 N–H and O–H groups in total. The van der Waals surface area contributed by atoms with Crippen LogP contribution in [0.1, 0.15) is 6.92 Å². The normalized spacial score (nSPS) is 13.1. The number of nitrogens with zero attached hydrogens (tertiary/aromatic N) is 2. The minimum absolute atomic E-state index is 0.165. The van der Waals surface area contributed by atoms with Gasteiger partial charge in [-0.15, -0.1) is 0 Å². The van der Waals surface area contributed by atoms with Crippen molar-refractivity contribution in [1.82, 2.24) is 5.01 Å². The molecule has 1 atom stereocenters. The summed E-state index contributed by atoms with van der Waals surface area (Å²) in [6.45, 7) is 1.76. The average molecular weight is 159 g/mol. The molecule has 0 bridgehead atoms. The van der Waals surface area contributed by atoms with Crippen LogP contribution in [0.3, 0.4) is 0 Å². The van der Waals surface area contributed by atoms with E-state index in [0.29, 0.717) is 0 Å². The second kappa shape index (κ2) is 4.68. The molecule has 0 aliphatic carbocycles. The molecule has 0 rings (SSSR count). The maximum absolute atomic E-state index is 10.7. The van der Waals surface area contributed by atoms with Crippen molar-refractivity contribution in [2.45, 2.75) is 13.0 Å². The number of rotatable bonds is 2. The largest absolute Gasteiger partial charge is 0.451 e. The molecule has 64 valence electrons. The van der Waals surface area contributed by atoms with Gasteiger partial charge < -0.3 is 10.5 Å². The molecule has 0 spiro atoms. The highest BCUT2D eigenvalue weighted by atomic mass is 16.5. The smallest absolute Gasteiger partial charge is 0.429 e. The van der Waals surface area contributed by atoms with Gasteiger partial charge in [0.25, 0.3) is 0 Å². The number of ether oxygens (including phenoxy) is 1. The molecular formula is C6H13N3O2. The Kier molecular flexibility index (Phi) is 4.21. The van der Waals surface area contributed by atoms with Gasteiger partial charge in [0, 0.05) is 19.3 Å². The van der Waals surface area contributed by atoms with E-state index in [1.165, 1.54) is 20.4 Å². The predicted octanol–water partition coefficient (Wildman–Crippen LogP) is 0.0176. The predicted molar refractivity (Wildman–Crippen MR) is 42.3 cm³/mol. The molecule has 0 saturated carbocycles. The lowest BCUT2D eigenvalue weighted by molar-refractivity contribution is 0.135. The van der Waals surface area contributed by atoms with Crippen molar-refractivity contribution in [3.63, 3.8) is 0 Å². The van der Waals surface area contributed by atoms with E-state index in [4.69, 9.17) is 5.73 Å². The van der Waals surface area contributed by atoms with Gasteiger partial charge in [-0.25, -0.2) is 9.80 Å². The van der Waals surface area contributed by atoms with Gasteiger partial charge in [-0.3, -0.25) is 0 Å². The Labute approximate surface area is 65.8 Å². The van der Waals surface area contributed by atoms with Crippen molar-refractivity contribution in [3.8, 4) is 0 Å². The lowest BCUT2D eigenvalue weighted by Gasteiger charge is -2.08. The Morgan fingerprint density at radius 1 is 1.82 bits per heavy atom. The molecular weight excluding hydrogens is 146 g/mol. The van der Waals surface area contributed by atoms with E-state index in [9.17, 15) is 4.79 Å². The third kappa shape index (κ3) is 4.32. The van der Waals surface area contributed by atoms with Gasteiger partial charge >= 0.3 is 6.09 Å². The van der Waals surface area contributed by atoms with Crippen LogP contribution in [0.25, 0.3) is 0 Å². The molecule has 0 aromatic heterocycles. The molecule has 5 heteroatoms. The zero-order chi connectivity index (χ0) is 8.85. The van der Waals surface area contributed by atoms with Gasteiger partial charge in [-0.2, -0.15) is 5.10 Å². The fourth-order valence-corrected chi connectivity index (χ4v) is 0.384. The highest BCUT2D eigenvalue weighted by molar-refractivity contribution is 5.70. The first kappa shape index (κ1) is 9.90. The van der Waals surface area contributed by atoms with E-state index < -0.39 is 6.09 Å². The second-order valence-electron chi connectivity index (χ2n) is 2.12. The Bertz CT molecular complexity index is 156. The number of amides is 1. The molecule has 0 fully saturated rings. The summed E-state index contributed by atoms with van der Waals surface area (Å²) in [6.07, 6.45) is 0.943. The van der Waals surface area contributed by atoms with Crippen molar-refractivity contribution >= 4 is 12.3 Å². The highest BCUT2D eigenvalue weighted by Gasteiger charge is 2.03. The maximum Gasteiger partial charge on any atom is 0.429 e. The summed E-state index contributed by atoms with van der Waals surface area (Å²) in [5, 5.41) is 4.78. The highest BCUT2D eigenvalue weighted by Crippen LogP contribution is 1.87. The molecule has 0 radical (unpaired) electrons. The topological polar surface area (TPSA) is 67.9 Å². The zero-order valence-corrected chi connectivity index (χ0v) is 6.94. The van der Waals surface area contributed by atoms with E-state index in [-0.39, 0.29) is 6.04 Å². The lowest BCUT2D eigenvalue weighted by atomic mass is 10.4. The van der Waals surface area contributed by atoms with Crippen LogP contribution in [-0.4, -0.2) is 37.5 Å². The molecule has 0 heterocycles. The molecule has 0 saturated heterocycles. The van der Waals surface area contributed by atoms with Gasteiger partial charge in [-0.05, 0) is 6.92 Å². The lowest BCUT2D eigenvalue weighted by Crippen LogP contribution is -2.24. The standard InChI is InChI=1S/C6H13N3O2/c1-5(7)4-8-9(2)6(10)11-3/h4-5H,7H2,1-3H3. The summed E-state index contributed by atoms with van der Waals surface area (Å²) in [7, 11) is 2.78. The van der Waals surface area contributed by atoms with Crippen LogP contribution in [0, 0.1) is 0 Å². The summed E-state index contributed by atoms with van der Waals surface area (Å²) < 4.78 is 4.38. The number of nitrogens with two attached hydrogens (primary N) is 1. The molecule has 0 aromatic rings. The van der Waals surface area contributed by atoms with Crippen LogP contribution >= 0.6 is 0 Å². The summed E-state index contributed by atoms with van der Waals surface area (Å²) in [4.78, 5) is 10.7. The summed E-state index contributed by atoms with van der Waals surface area (Å²) in [5.41, 5.74) is 5.35. The van der Waals surface area contributed by atoms with Gasteiger partial charge in [0.05, 0.1) is 7.11 Å². The van der Waals surface area contributed by atoms with Crippen LogP contribution in [-0.2, 0) is 4.74 Å². The maximum atomic E-state index is 10.7. The minimum Gasteiger partial charge on any atom is -0.451 e. The Morgan fingerprint density at radius 3 is 2.73 bits per heavy atom. The quantitative estimate of drug-likeness (QED) is 0.456. The SMILES string of the molecule is COC(=O)N(C)N=CC(C)N. The van der Waals surface area contributed by atoms with E-state index in [2.05, 4.69) is 9.84 Å². The number of hydrogen-bond acceptors (Lipinski definition) is 4. The number of carbonyl (C=O) groups is 1. The average Bonchev–Trinajstić information content (AvgIpc) is 1.98. The van der Waals surface area contributed by atoms with E-state index in [1.54, 1.807) is 6.92 Å². The van der Waals surface area contributed by atoms with Crippen LogP contribution in [0.4, 0.5) is 4.79 Å². The van der Waals surface area contributed by atoms with Crippen molar-refractivity contribution < 1.29 is 9.53 Å². The summed E-state index contributed by atoms with van der Waals surface area (Å²) in [5.74, 6) is 0. The van der Waals surface area contributed by atoms with Gasteiger partial charge in [0.1, 0.15) is 0 Å². The molecule has 0 aliphatic rings. The number of carbonyl (C=O) groups excluding carboxylic acids is 1. The summed E-state index contributed by atoms with van der Waals surface area (Å²) >= 11 is 0. The minimum atomic E-state index is -0.512. The number of hydrazone groups is 1. The van der Waals surface area contributed by atoms with E-state index in [1.807, 2.05) is 0 Å². The first-order chi connectivity index (χ1) is 5.07. The van der Waals surface area contributed by atoms with E-state index >= 15 is 0 Å². The van der Waals surface area contributed by atoms with Gasteiger partial charge in [0.2, 0.25) is 0 Å². The zero-order valence-electron chi connectivity index (χ0n) is 6.94. The van der Waals surface area contributed by atoms with Crippen LogP contribution in [0.2, 0.25) is 0 Å².